The zero-order chi connectivity index (χ0) is 53.0. The summed E-state index contributed by atoms with van der Waals surface area (Å²) in [6.45, 7) is 8.15. The number of fused-ring (bicyclic) bond motifs is 8. The molecule has 2 aliphatic carbocycles. The van der Waals surface area contributed by atoms with Crippen LogP contribution in [0.2, 0.25) is 5.15 Å². The minimum absolute atomic E-state index is 0.0500. The molecule has 74 heavy (non-hydrogen) atoms. The van der Waals surface area contributed by atoms with E-state index in [1.54, 1.807) is 31.2 Å². The van der Waals surface area contributed by atoms with Crippen molar-refractivity contribution in [1.82, 2.24) is 15.2 Å². The number of aromatic nitrogens is 1. The van der Waals surface area contributed by atoms with Gasteiger partial charge in [-0.05, 0) is 90.5 Å². The summed E-state index contributed by atoms with van der Waals surface area (Å²) in [6.07, 6.45) is -6.67. The van der Waals surface area contributed by atoms with Crippen molar-refractivity contribution < 1.29 is 77.4 Å². The van der Waals surface area contributed by atoms with Crippen LogP contribution in [0, 0.1) is 23.7 Å². The van der Waals surface area contributed by atoms with Crippen molar-refractivity contribution >= 4 is 34.2 Å². The van der Waals surface area contributed by atoms with Crippen LogP contribution in [0.25, 0.3) is 10.8 Å². The van der Waals surface area contributed by atoms with Gasteiger partial charge in [0.15, 0.2) is 46.7 Å². The fourth-order valence-corrected chi connectivity index (χ4v) is 10.5. The number of phenols is 1. The third-order valence-corrected chi connectivity index (χ3v) is 14.1. The fourth-order valence-electron chi connectivity index (χ4n) is 10.3. The van der Waals surface area contributed by atoms with Crippen LogP contribution in [-0.2, 0) is 39.6 Å². The Morgan fingerprint density at radius 3 is 2.47 bits per heavy atom. The van der Waals surface area contributed by atoms with E-state index in [-0.39, 0.29) is 70.6 Å². The van der Waals surface area contributed by atoms with Crippen LogP contribution < -0.4 is 24.3 Å². The molecular formula is C54H60ClN3O16. The van der Waals surface area contributed by atoms with Crippen LogP contribution in [0.3, 0.4) is 0 Å². The number of halogens is 1. The van der Waals surface area contributed by atoms with E-state index in [1.807, 2.05) is 39.8 Å². The van der Waals surface area contributed by atoms with Crippen molar-refractivity contribution in [2.45, 2.75) is 145 Å². The standard InChI is InChI=1S/C54H60ClN3O16/c1-26(2)68-39-19-30-18-36(59)34(22-33(30)46(65-8)47(39)66-9)51(62)57-35-21-32-16-17-38(50(55)56-32)71-40-20-31-15-14-29(41(25-67-52(35)63)72-43-23-37(60)45(58(6)7)27(3)69-43)12-10-11-13-42-54(31,74-42)49(40)73-44-24-53(5,64)48(61)28(4)70-44/h10,16-20,22,26-28,35,37,40-45,48-49,59-61,64H,21,23-25H2,1-9H3,(H,57,62)/t12?,27-,28-,35?,37-,40-,41?,42-,43-,44-,45+,48-,49+,53+,54+/m0/s1. The predicted octanol–water partition coefficient (Wildman–Crippen LogP) is 3.67. The molecule has 1 amide bonds. The summed E-state index contributed by atoms with van der Waals surface area (Å²) in [4.78, 5) is 35.4. The van der Waals surface area contributed by atoms with Gasteiger partial charge in [-0.3, -0.25) is 4.79 Å². The molecule has 1 aromatic heterocycles. The number of carbonyl (C=O) groups excluding carboxylic acids is 2. The van der Waals surface area contributed by atoms with E-state index in [0.717, 1.165) is 0 Å². The first kappa shape index (κ1) is 52.9. The van der Waals surface area contributed by atoms with Gasteiger partial charge in [0.2, 0.25) is 5.75 Å². The highest BCUT2D eigenvalue weighted by atomic mass is 35.5. The molecule has 5 N–H and O–H groups in total. The van der Waals surface area contributed by atoms with E-state index in [9.17, 15) is 30.0 Å². The highest BCUT2D eigenvalue weighted by molar-refractivity contribution is 6.30. The Labute approximate surface area is 433 Å². The first-order valence-corrected chi connectivity index (χ1v) is 24.7. The molecule has 0 saturated carbocycles. The van der Waals surface area contributed by atoms with Gasteiger partial charge in [0.1, 0.15) is 42.8 Å². The number of likely N-dealkylation sites (N-methyl/N-ethyl adjacent to an activating group) is 1. The number of carbonyl (C=O) groups is 2. The molecule has 5 aliphatic heterocycles. The summed E-state index contributed by atoms with van der Waals surface area (Å²) in [7, 11) is 6.57. The number of methoxy groups -OCH3 is 2. The zero-order valence-corrected chi connectivity index (χ0v) is 43.1. The number of hydrogen-bond donors (Lipinski definition) is 5. The highest BCUT2D eigenvalue weighted by Crippen LogP contribution is 2.54. The predicted molar refractivity (Wildman–Crippen MR) is 265 cm³/mol. The van der Waals surface area contributed by atoms with Crippen LogP contribution in [0.4, 0.5) is 0 Å². The number of rotatable bonds is 11. The largest absolute Gasteiger partial charge is 0.507 e. The van der Waals surface area contributed by atoms with Gasteiger partial charge in [-0.15, -0.1) is 0 Å². The lowest BCUT2D eigenvalue weighted by atomic mass is 9.88. The maximum Gasteiger partial charge on any atom is 0.329 e. The summed E-state index contributed by atoms with van der Waals surface area (Å²) < 4.78 is 62.0. The monoisotopic (exact) mass is 1040 g/mol. The number of benzene rings is 2. The minimum atomic E-state index is -1.56. The van der Waals surface area contributed by atoms with Gasteiger partial charge >= 0.3 is 5.97 Å². The molecule has 10 rings (SSSR count). The van der Waals surface area contributed by atoms with Crippen LogP contribution >= 0.6 is 11.6 Å². The average Bonchev–Trinajstić information content (AvgIpc) is 3.98. The molecule has 3 fully saturated rings. The minimum Gasteiger partial charge on any atom is -0.507 e. The van der Waals surface area contributed by atoms with Crippen molar-refractivity contribution in [3.8, 4) is 52.4 Å². The maximum atomic E-state index is 14.5. The number of ether oxygens (including phenoxy) is 10. The van der Waals surface area contributed by atoms with Gasteiger partial charge < -0.3 is 78.0 Å². The van der Waals surface area contributed by atoms with Gasteiger partial charge in [0.25, 0.3) is 5.91 Å². The Balaban J connectivity index is 1.10. The summed E-state index contributed by atoms with van der Waals surface area (Å²) in [6, 6.07) is 5.76. The van der Waals surface area contributed by atoms with E-state index in [4.69, 9.17) is 59.0 Å². The van der Waals surface area contributed by atoms with Crippen molar-refractivity contribution in [2.24, 2.45) is 0 Å². The van der Waals surface area contributed by atoms with Gasteiger partial charge in [-0.2, -0.15) is 0 Å². The second kappa shape index (κ2) is 21.0. The lowest BCUT2D eigenvalue weighted by Gasteiger charge is -2.43. The summed E-state index contributed by atoms with van der Waals surface area (Å²) in [5.41, 5.74) is 0.861. The molecule has 7 aliphatic rings. The average molecular weight is 1040 g/mol. The first-order valence-electron chi connectivity index (χ1n) is 24.3. The second-order valence-electron chi connectivity index (χ2n) is 19.8. The van der Waals surface area contributed by atoms with Gasteiger partial charge in [0, 0.05) is 42.0 Å². The lowest BCUT2D eigenvalue weighted by molar-refractivity contribution is -0.290. The van der Waals surface area contributed by atoms with Crippen molar-refractivity contribution in [3.63, 3.8) is 0 Å². The van der Waals surface area contributed by atoms with Crippen LogP contribution in [0.1, 0.15) is 63.5 Å². The number of esters is 1. The summed E-state index contributed by atoms with van der Waals surface area (Å²) >= 11 is 6.88. The van der Waals surface area contributed by atoms with Crippen LogP contribution in [0.5, 0.6) is 28.7 Å². The van der Waals surface area contributed by atoms with E-state index in [0.29, 0.717) is 22.1 Å². The molecular weight excluding hydrogens is 982 g/mol. The Hall–Kier alpha value is -5.90. The van der Waals surface area contributed by atoms with E-state index in [1.165, 1.54) is 39.4 Å². The number of hydrogen-bond acceptors (Lipinski definition) is 18. The molecule has 2 unspecified atom stereocenters. The van der Waals surface area contributed by atoms with Crippen LogP contribution in [0.15, 0.2) is 59.4 Å². The smallest absolute Gasteiger partial charge is 0.329 e. The number of pyridine rings is 1. The molecule has 6 heterocycles. The number of amides is 1. The zero-order valence-electron chi connectivity index (χ0n) is 42.3. The third-order valence-electron chi connectivity index (χ3n) is 13.9. The Morgan fingerprint density at radius 1 is 1.03 bits per heavy atom. The summed E-state index contributed by atoms with van der Waals surface area (Å²) in [5, 5.41) is 48.1. The quantitative estimate of drug-likeness (QED) is 0.0606. The molecule has 2 aromatic carbocycles. The Morgan fingerprint density at radius 2 is 1.78 bits per heavy atom. The number of aliphatic hydroxyl groups is 3. The molecule has 3 saturated heterocycles. The number of nitrogens with one attached hydrogen (secondary N) is 1. The van der Waals surface area contributed by atoms with E-state index >= 15 is 0 Å². The SMILES string of the molecule is COc1c(OC(C)C)cc2cc(O)c(C(=O)NC3Cc4ccc(c(Cl)n4)O[C@H]4C=C5C#CC(=C=CC#C[C@@H]6O[C@]56[C@@H]4O[C@H]4C[C@@](C)(O)[C@@H](O)[C@H](C)O4)C(O[C@H]4C[C@H](O)[C@H](N(C)C)[C@H](C)O4)COC3=O)cc2c1OC. The van der Waals surface area contributed by atoms with Crippen molar-refractivity contribution in [2.75, 3.05) is 34.9 Å². The van der Waals surface area contributed by atoms with Gasteiger partial charge in [0.05, 0.1) is 61.4 Å². The molecule has 20 heteroatoms. The number of epoxide rings is 1. The van der Waals surface area contributed by atoms with E-state index in [2.05, 4.69) is 39.7 Å². The molecule has 5 bridgehead atoms. The Kier molecular flexibility index (Phi) is 15.0. The lowest BCUT2D eigenvalue weighted by Crippen LogP contribution is -2.57. The fraction of sp³-hybridized carbons (Fsp3) is 0.519. The first-order chi connectivity index (χ1) is 35.2. The molecule has 19 nitrogen and oxygen atoms in total. The van der Waals surface area contributed by atoms with E-state index < -0.39 is 103 Å². The maximum absolute atomic E-state index is 14.5. The third kappa shape index (κ3) is 10.4. The van der Waals surface area contributed by atoms with Crippen molar-refractivity contribution in [3.05, 3.63) is 75.8 Å². The topological polar surface area (TPSA) is 239 Å². The number of aromatic hydroxyl groups is 1. The highest BCUT2D eigenvalue weighted by Gasteiger charge is 2.70. The normalized spacial score (nSPS) is 33.3. The van der Waals surface area contributed by atoms with Crippen molar-refractivity contribution in [1.29, 1.82) is 0 Å². The van der Waals surface area contributed by atoms with Crippen LogP contribution in [-0.4, -0.2) is 168 Å². The molecule has 14 atom stereocenters. The molecule has 0 radical (unpaired) electrons. The molecule has 3 aromatic rings. The second-order valence-corrected chi connectivity index (χ2v) is 20.2. The van der Waals surface area contributed by atoms with Gasteiger partial charge in [-0.1, -0.05) is 41.0 Å². The number of nitrogens with zero attached hydrogens (tertiary/aromatic N) is 2. The number of aliphatic hydroxyl groups excluding tert-OH is 2. The number of phenolic OH excluding ortho intramolecular Hbond substituents is 1. The van der Waals surface area contributed by atoms with Gasteiger partial charge in [-0.25, -0.2) is 9.78 Å². The summed E-state index contributed by atoms with van der Waals surface area (Å²) in [5.74, 6) is 11.3. The Bertz CT molecular complexity index is 2920. The molecule has 394 valence electrons. The molecule has 1 spiro atoms.